The second-order valence-electron chi connectivity index (χ2n) is 9.18. The predicted octanol–water partition coefficient (Wildman–Crippen LogP) is 5.37. The molecule has 0 spiro atoms. The molecule has 0 saturated heterocycles. The Morgan fingerprint density at radius 3 is 2.67 bits per heavy atom. The standard InChI is InChI=1S/C29H29FN4O3S2/c1-19-7-3-4-8-22(19)34-29-26(27(32-34)23-9-5-16-38-23)28(20-10-12-21(30)13-11-20)39-18-25(36)33(29)17-24(35)31-14-6-15-37-2/h3-5,7-13,16,28H,6,14-15,17-18H2,1-2H3,(H,31,35)/t28-/m0/s1. The van der Waals surface area contributed by atoms with Gasteiger partial charge in [-0.1, -0.05) is 36.4 Å². The summed E-state index contributed by atoms with van der Waals surface area (Å²) in [6.45, 7) is 2.84. The molecule has 202 valence electrons. The van der Waals surface area contributed by atoms with Gasteiger partial charge >= 0.3 is 0 Å². The van der Waals surface area contributed by atoms with E-state index >= 15 is 0 Å². The molecule has 0 saturated carbocycles. The molecule has 1 aliphatic heterocycles. The summed E-state index contributed by atoms with van der Waals surface area (Å²) < 4.78 is 20.8. The molecule has 2 amide bonds. The summed E-state index contributed by atoms with van der Waals surface area (Å²) in [7, 11) is 1.62. The molecule has 39 heavy (non-hydrogen) atoms. The van der Waals surface area contributed by atoms with Gasteiger partial charge in [0.2, 0.25) is 11.8 Å². The van der Waals surface area contributed by atoms with Gasteiger partial charge in [-0.05, 0) is 54.1 Å². The number of aromatic nitrogens is 2. The fourth-order valence-corrected chi connectivity index (χ4v) is 6.55. The summed E-state index contributed by atoms with van der Waals surface area (Å²) in [6, 6.07) is 18.2. The lowest BCUT2D eigenvalue weighted by atomic mass is 10.0. The van der Waals surface area contributed by atoms with Crippen LogP contribution in [0.25, 0.3) is 16.3 Å². The van der Waals surface area contributed by atoms with E-state index in [-0.39, 0.29) is 35.2 Å². The number of nitrogens with one attached hydrogen (secondary N) is 1. The van der Waals surface area contributed by atoms with Gasteiger partial charge in [-0.15, -0.1) is 23.1 Å². The van der Waals surface area contributed by atoms with Gasteiger partial charge in [0.1, 0.15) is 23.9 Å². The summed E-state index contributed by atoms with van der Waals surface area (Å²) in [6.07, 6.45) is 0.674. The van der Waals surface area contributed by atoms with E-state index in [4.69, 9.17) is 9.84 Å². The molecular formula is C29H29FN4O3S2. The third-order valence-corrected chi connectivity index (χ3v) is 8.64. The molecular weight excluding hydrogens is 535 g/mol. The number of amides is 2. The predicted molar refractivity (Wildman–Crippen MR) is 154 cm³/mol. The van der Waals surface area contributed by atoms with E-state index in [9.17, 15) is 14.0 Å². The normalized spacial score (nSPS) is 15.2. The number of rotatable bonds is 9. The largest absolute Gasteiger partial charge is 0.385 e. The van der Waals surface area contributed by atoms with Crippen molar-refractivity contribution >= 4 is 40.7 Å². The van der Waals surface area contributed by atoms with Crippen molar-refractivity contribution < 1.29 is 18.7 Å². The van der Waals surface area contributed by atoms with E-state index in [1.165, 1.54) is 23.9 Å². The quantitative estimate of drug-likeness (QED) is 0.277. The van der Waals surface area contributed by atoms with E-state index in [2.05, 4.69) is 5.32 Å². The smallest absolute Gasteiger partial charge is 0.240 e. The molecule has 0 unspecified atom stereocenters. The Morgan fingerprint density at radius 2 is 1.95 bits per heavy atom. The molecule has 1 atom stereocenters. The Morgan fingerprint density at radius 1 is 1.15 bits per heavy atom. The highest BCUT2D eigenvalue weighted by atomic mass is 32.2. The van der Waals surface area contributed by atoms with Crippen LogP contribution in [-0.2, 0) is 14.3 Å². The van der Waals surface area contributed by atoms with Gasteiger partial charge in [0.15, 0.2) is 0 Å². The van der Waals surface area contributed by atoms with Crippen LogP contribution in [0.15, 0.2) is 66.0 Å². The molecule has 5 rings (SSSR count). The van der Waals surface area contributed by atoms with Crippen molar-refractivity contribution in [2.75, 3.05) is 37.5 Å². The zero-order chi connectivity index (χ0) is 27.4. The van der Waals surface area contributed by atoms with Gasteiger partial charge in [0.05, 0.1) is 21.6 Å². The van der Waals surface area contributed by atoms with Crippen LogP contribution in [0.1, 0.15) is 28.4 Å². The van der Waals surface area contributed by atoms with E-state index in [0.717, 1.165) is 32.9 Å². The first-order valence-electron chi connectivity index (χ1n) is 12.6. The Kier molecular flexibility index (Phi) is 8.44. The van der Waals surface area contributed by atoms with E-state index in [1.54, 1.807) is 40.2 Å². The first kappa shape index (κ1) is 27.1. The molecule has 3 heterocycles. The Hall–Kier alpha value is -3.47. The van der Waals surface area contributed by atoms with Crippen LogP contribution >= 0.6 is 23.1 Å². The van der Waals surface area contributed by atoms with E-state index in [1.807, 2.05) is 48.7 Å². The van der Waals surface area contributed by atoms with Crippen molar-refractivity contribution in [3.05, 3.63) is 88.6 Å². The van der Waals surface area contributed by atoms with Crippen LogP contribution in [0.5, 0.6) is 0 Å². The van der Waals surface area contributed by atoms with Gasteiger partial charge in [-0.3, -0.25) is 14.5 Å². The molecule has 0 bridgehead atoms. The number of thiophene rings is 1. The minimum absolute atomic E-state index is 0.142. The topological polar surface area (TPSA) is 76.5 Å². The van der Waals surface area contributed by atoms with Crippen molar-refractivity contribution in [3.8, 4) is 16.3 Å². The van der Waals surface area contributed by atoms with Gasteiger partial charge in [0, 0.05) is 25.8 Å². The number of halogens is 1. The maximum Gasteiger partial charge on any atom is 0.240 e. The minimum Gasteiger partial charge on any atom is -0.385 e. The number of methoxy groups -OCH3 is 1. The zero-order valence-electron chi connectivity index (χ0n) is 21.7. The number of hydrogen-bond donors (Lipinski definition) is 1. The van der Waals surface area contributed by atoms with Crippen molar-refractivity contribution in [1.82, 2.24) is 15.1 Å². The summed E-state index contributed by atoms with van der Waals surface area (Å²) >= 11 is 3.02. The molecule has 7 nitrogen and oxygen atoms in total. The second kappa shape index (κ2) is 12.1. The third kappa shape index (κ3) is 5.78. The summed E-state index contributed by atoms with van der Waals surface area (Å²) in [5, 5.41) is 9.67. The summed E-state index contributed by atoms with van der Waals surface area (Å²) in [5.41, 5.74) is 4.23. The number of nitrogens with zero attached hydrogens (tertiary/aromatic N) is 3. The van der Waals surface area contributed by atoms with Crippen molar-refractivity contribution in [1.29, 1.82) is 0 Å². The molecule has 0 aliphatic carbocycles. The number of ether oxygens (including phenoxy) is 1. The number of thioether (sulfide) groups is 1. The zero-order valence-corrected chi connectivity index (χ0v) is 23.4. The van der Waals surface area contributed by atoms with Gasteiger partial charge in [0.25, 0.3) is 0 Å². The lowest BCUT2D eigenvalue weighted by Crippen LogP contribution is -2.42. The average molecular weight is 565 g/mol. The maximum absolute atomic E-state index is 13.9. The number of aryl methyl sites for hydroxylation is 1. The fourth-order valence-electron chi connectivity index (χ4n) is 4.63. The summed E-state index contributed by atoms with van der Waals surface area (Å²) in [4.78, 5) is 29.2. The first-order valence-corrected chi connectivity index (χ1v) is 14.6. The van der Waals surface area contributed by atoms with Crippen LogP contribution in [-0.4, -0.2) is 54.2 Å². The molecule has 1 aliphatic rings. The Bertz CT molecular complexity index is 1450. The lowest BCUT2D eigenvalue weighted by Gasteiger charge is -2.23. The molecule has 10 heteroatoms. The molecule has 2 aromatic carbocycles. The highest BCUT2D eigenvalue weighted by Crippen LogP contribution is 2.49. The number of hydrogen-bond acceptors (Lipinski definition) is 6. The van der Waals surface area contributed by atoms with E-state index < -0.39 is 0 Å². The SMILES string of the molecule is COCCCNC(=O)CN1C(=O)CS[C@@H](c2ccc(F)cc2)c2c(-c3cccs3)nn(-c3ccccc3C)c21. The number of benzene rings is 2. The van der Waals surface area contributed by atoms with Crippen LogP contribution < -0.4 is 10.2 Å². The highest BCUT2D eigenvalue weighted by Gasteiger charge is 2.38. The molecule has 1 N–H and O–H groups in total. The van der Waals surface area contributed by atoms with Crippen LogP contribution in [0, 0.1) is 12.7 Å². The van der Waals surface area contributed by atoms with Crippen LogP contribution in [0.3, 0.4) is 0 Å². The highest BCUT2D eigenvalue weighted by molar-refractivity contribution is 8.00. The monoisotopic (exact) mass is 564 g/mol. The number of anilines is 1. The number of fused-ring (bicyclic) bond motifs is 1. The number of carbonyl (C=O) groups is 2. The van der Waals surface area contributed by atoms with Crippen LogP contribution in [0.2, 0.25) is 0 Å². The van der Waals surface area contributed by atoms with Gasteiger partial charge in [-0.25, -0.2) is 9.07 Å². The number of para-hydroxylation sites is 1. The number of carbonyl (C=O) groups excluding carboxylic acids is 2. The van der Waals surface area contributed by atoms with Gasteiger partial charge < -0.3 is 10.1 Å². The second-order valence-corrected chi connectivity index (χ2v) is 11.2. The lowest BCUT2D eigenvalue weighted by molar-refractivity contribution is -0.122. The molecule has 0 radical (unpaired) electrons. The van der Waals surface area contributed by atoms with Crippen LogP contribution in [0.4, 0.5) is 10.2 Å². The maximum atomic E-state index is 13.9. The average Bonchev–Trinajstić information content (AvgIpc) is 3.57. The molecule has 0 fully saturated rings. The van der Waals surface area contributed by atoms with Crippen molar-refractivity contribution in [2.45, 2.75) is 18.6 Å². The third-order valence-electron chi connectivity index (χ3n) is 6.51. The Balaban J connectivity index is 1.70. The minimum atomic E-state index is -0.325. The molecule has 4 aromatic rings. The first-order chi connectivity index (χ1) is 19.0. The Labute approximate surface area is 235 Å². The fraction of sp³-hybridized carbons (Fsp3) is 0.276. The van der Waals surface area contributed by atoms with Crippen molar-refractivity contribution in [3.63, 3.8) is 0 Å². The van der Waals surface area contributed by atoms with E-state index in [0.29, 0.717) is 25.4 Å². The molecule has 2 aromatic heterocycles. The summed E-state index contributed by atoms with van der Waals surface area (Å²) in [5.74, 6) is -0.0551. The van der Waals surface area contributed by atoms with Crippen molar-refractivity contribution in [2.24, 2.45) is 0 Å². The van der Waals surface area contributed by atoms with Gasteiger partial charge in [-0.2, -0.15) is 5.10 Å².